The molecule has 0 aromatic heterocycles. The van der Waals surface area contributed by atoms with Crippen LogP contribution in [0, 0.1) is 6.92 Å². The van der Waals surface area contributed by atoms with Gasteiger partial charge < -0.3 is 19.1 Å². The standard InChI is InChI=1S/C16H21NO4/c1-13-4-2-3-5-14(13)19-12-15(18)17-8-6-16(7-9-17)20-10-11-21-16/h2-5H,6-12H2,1H3. The van der Waals surface area contributed by atoms with Crippen LogP contribution in [-0.4, -0.2) is 49.5 Å². The van der Waals surface area contributed by atoms with Gasteiger partial charge in [0.05, 0.1) is 13.2 Å². The Balaban J connectivity index is 1.49. The zero-order chi connectivity index (χ0) is 14.7. The predicted molar refractivity (Wildman–Crippen MR) is 77.1 cm³/mol. The van der Waals surface area contributed by atoms with Crippen molar-refractivity contribution < 1.29 is 19.0 Å². The van der Waals surface area contributed by atoms with Crippen LogP contribution in [0.5, 0.6) is 5.75 Å². The summed E-state index contributed by atoms with van der Waals surface area (Å²) >= 11 is 0. The van der Waals surface area contributed by atoms with E-state index in [0.717, 1.165) is 24.2 Å². The molecule has 1 aromatic rings. The fourth-order valence-corrected chi connectivity index (χ4v) is 2.83. The number of carbonyl (C=O) groups is 1. The number of rotatable bonds is 3. The highest BCUT2D eigenvalue weighted by Gasteiger charge is 2.40. The van der Waals surface area contributed by atoms with Gasteiger partial charge in [0.1, 0.15) is 5.75 Å². The monoisotopic (exact) mass is 291 g/mol. The molecule has 21 heavy (non-hydrogen) atoms. The molecule has 5 nitrogen and oxygen atoms in total. The van der Waals surface area contributed by atoms with Crippen molar-refractivity contribution in [2.24, 2.45) is 0 Å². The van der Waals surface area contributed by atoms with E-state index in [9.17, 15) is 4.79 Å². The van der Waals surface area contributed by atoms with Gasteiger partial charge in [-0.05, 0) is 18.6 Å². The van der Waals surface area contributed by atoms with Crippen LogP contribution in [0.25, 0.3) is 0 Å². The average molecular weight is 291 g/mol. The van der Waals surface area contributed by atoms with E-state index >= 15 is 0 Å². The van der Waals surface area contributed by atoms with Crippen molar-refractivity contribution in [2.75, 3.05) is 32.9 Å². The van der Waals surface area contributed by atoms with E-state index in [2.05, 4.69) is 0 Å². The highest BCUT2D eigenvalue weighted by atomic mass is 16.7. The van der Waals surface area contributed by atoms with E-state index in [0.29, 0.717) is 26.3 Å². The highest BCUT2D eigenvalue weighted by molar-refractivity contribution is 5.77. The summed E-state index contributed by atoms with van der Waals surface area (Å²) in [6.45, 7) is 4.69. The summed E-state index contributed by atoms with van der Waals surface area (Å²) in [5.74, 6) is 0.348. The van der Waals surface area contributed by atoms with Crippen molar-refractivity contribution in [3.05, 3.63) is 29.8 Å². The molecular weight excluding hydrogens is 270 g/mol. The van der Waals surface area contributed by atoms with E-state index < -0.39 is 5.79 Å². The average Bonchev–Trinajstić information content (AvgIpc) is 2.95. The van der Waals surface area contributed by atoms with Crippen LogP contribution in [0.3, 0.4) is 0 Å². The molecule has 2 aliphatic rings. The molecule has 0 saturated carbocycles. The molecule has 2 aliphatic heterocycles. The predicted octanol–water partition coefficient (Wildman–Crippen LogP) is 1.74. The van der Waals surface area contributed by atoms with Gasteiger partial charge in [-0.1, -0.05) is 18.2 Å². The quantitative estimate of drug-likeness (QED) is 0.851. The summed E-state index contributed by atoms with van der Waals surface area (Å²) in [4.78, 5) is 14.0. The number of nitrogens with zero attached hydrogens (tertiary/aromatic N) is 1. The molecule has 3 rings (SSSR count). The Morgan fingerprint density at radius 3 is 2.57 bits per heavy atom. The zero-order valence-corrected chi connectivity index (χ0v) is 12.3. The lowest BCUT2D eigenvalue weighted by atomic mass is 10.0. The molecule has 2 saturated heterocycles. The molecule has 1 spiro atoms. The Morgan fingerprint density at radius 1 is 1.24 bits per heavy atom. The van der Waals surface area contributed by atoms with Gasteiger partial charge in [-0.15, -0.1) is 0 Å². The number of piperidine rings is 1. The van der Waals surface area contributed by atoms with Gasteiger partial charge in [-0.2, -0.15) is 0 Å². The fraction of sp³-hybridized carbons (Fsp3) is 0.562. The number of hydrogen-bond donors (Lipinski definition) is 0. The molecule has 5 heteroatoms. The van der Waals surface area contributed by atoms with Crippen LogP contribution < -0.4 is 4.74 Å². The van der Waals surface area contributed by atoms with Crippen LogP contribution in [0.15, 0.2) is 24.3 Å². The van der Waals surface area contributed by atoms with Crippen LogP contribution in [0.2, 0.25) is 0 Å². The zero-order valence-electron chi connectivity index (χ0n) is 12.3. The van der Waals surface area contributed by atoms with Crippen molar-refractivity contribution in [3.63, 3.8) is 0 Å². The van der Waals surface area contributed by atoms with Crippen LogP contribution >= 0.6 is 0 Å². The summed E-state index contributed by atoms with van der Waals surface area (Å²) in [5.41, 5.74) is 1.04. The third-order valence-electron chi connectivity index (χ3n) is 4.14. The van der Waals surface area contributed by atoms with Gasteiger partial charge in [0, 0.05) is 25.9 Å². The number of amides is 1. The molecule has 1 amide bonds. The molecule has 0 radical (unpaired) electrons. The normalized spacial score (nSPS) is 20.7. The smallest absolute Gasteiger partial charge is 0.260 e. The SMILES string of the molecule is Cc1ccccc1OCC(=O)N1CCC2(CC1)OCCO2. The third kappa shape index (κ3) is 3.19. The van der Waals surface area contributed by atoms with Crippen molar-refractivity contribution in [2.45, 2.75) is 25.6 Å². The molecule has 114 valence electrons. The van der Waals surface area contributed by atoms with Crippen molar-refractivity contribution in [1.29, 1.82) is 0 Å². The summed E-state index contributed by atoms with van der Waals surface area (Å²) < 4.78 is 16.9. The van der Waals surface area contributed by atoms with Gasteiger partial charge >= 0.3 is 0 Å². The molecule has 0 N–H and O–H groups in total. The minimum atomic E-state index is -0.437. The van der Waals surface area contributed by atoms with E-state index in [1.54, 1.807) is 0 Å². The first-order valence-corrected chi connectivity index (χ1v) is 7.43. The van der Waals surface area contributed by atoms with Crippen LogP contribution in [0.1, 0.15) is 18.4 Å². The largest absolute Gasteiger partial charge is 0.484 e. The highest BCUT2D eigenvalue weighted by Crippen LogP contribution is 2.31. The Bertz CT molecular complexity index is 501. The number of para-hydroxylation sites is 1. The number of ether oxygens (including phenoxy) is 3. The molecule has 2 fully saturated rings. The van der Waals surface area contributed by atoms with Crippen molar-refractivity contribution in [1.82, 2.24) is 4.90 Å². The van der Waals surface area contributed by atoms with E-state index in [1.807, 2.05) is 36.1 Å². The van der Waals surface area contributed by atoms with Crippen LogP contribution in [0.4, 0.5) is 0 Å². The van der Waals surface area contributed by atoms with Gasteiger partial charge in [-0.25, -0.2) is 0 Å². The first-order valence-electron chi connectivity index (χ1n) is 7.43. The molecule has 1 aromatic carbocycles. The lowest BCUT2D eigenvalue weighted by Crippen LogP contribution is -2.48. The van der Waals surface area contributed by atoms with E-state index in [-0.39, 0.29) is 12.5 Å². The molecule has 0 bridgehead atoms. The van der Waals surface area contributed by atoms with E-state index in [4.69, 9.17) is 14.2 Å². The van der Waals surface area contributed by atoms with Gasteiger partial charge in [0.25, 0.3) is 5.91 Å². The molecule has 0 unspecified atom stereocenters. The maximum atomic E-state index is 12.2. The molecule has 0 aliphatic carbocycles. The minimum Gasteiger partial charge on any atom is -0.484 e. The molecule has 0 atom stereocenters. The lowest BCUT2D eigenvalue weighted by Gasteiger charge is -2.37. The van der Waals surface area contributed by atoms with Gasteiger partial charge in [0.2, 0.25) is 0 Å². The lowest BCUT2D eigenvalue weighted by molar-refractivity contribution is -0.187. The second kappa shape index (κ2) is 6.03. The Kier molecular flexibility index (Phi) is 4.12. The first kappa shape index (κ1) is 14.4. The topological polar surface area (TPSA) is 48.0 Å². The molecular formula is C16H21NO4. The van der Waals surface area contributed by atoms with E-state index in [1.165, 1.54) is 0 Å². The van der Waals surface area contributed by atoms with Crippen LogP contribution in [-0.2, 0) is 14.3 Å². The Labute approximate surface area is 124 Å². The van der Waals surface area contributed by atoms with Crippen molar-refractivity contribution in [3.8, 4) is 5.75 Å². The summed E-state index contributed by atoms with van der Waals surface area (Å²) in [6.07, 6.45) is 1.48. The second-order valence-corrected chi connectivity index (χ2v) is 5.54. The van der Waals surface area contributed by atoms with Gasteiger partial charge in [0.15, 0.2) is 12.4 Å². The maximum Gasteiger partial charge on any atom is 0.260 e. The minimum absolute atomic E-state index is 0.0195. The number of aryl methyl sites for hydroxylation is 1. The summed E-state index contributed by atoms with van der Waals surface area (Å²) in [7, 11) is 0. The number of likely N-dealkylation sites (tertiary alicyclic amines) is 1. The summed E-state index contributed by atoms with van der Waals surface area (Å²) in [5, 5.41) is 0. The third-order valence-corrected chi connectivity index (χ3v) is 4.14. The molecule has 2 heterocycles. The summed E-state index contributed by atoms with van der Waals surface area (Å²) in [6, 6.07) is 7.72. The number of carbonyl (C=O) groups excluding carboxylic acids is 1. The number of hydrogen-bond acceptors (Lipinski definition) is 4. The first-order chi connectivity index (χ1) is 10.2. The Hall–Kier alpha value is -1.59. The fourth-order valence-electron chi connectivity index (χ4n) is 2.83. The Morgan fingerprint density at radius 2 is 1.90 bits per heavy atom. The number of benzene rings is 1. The van der Waals surface area contributed by atoms with Gasteiger partial charge in [-0.3, -0.25) is 4.79 Å². The second-order valence-electron chi connectivity index (χ2n) is 5.54. The maximum absolute atomic E-state index is 12.2. The van der Waals surface area contributed by atoms with Crippen molar-refractivity contribution >= 4 is 5.91 Å².